The van der Waals surface area contributed by atoms with Crippen LogP contribution < -0.4 is 5.32 Å². The summed E-state index contributed by atoms with van der Waals surface area (Å²) in [6, 6.07) is -0.377. The number of amides is 2. The third kappa shape index (κ3) is 2.23. The molecule has 2 atom stereocenters. The Balaban J connectivity index is 2.30. The average Bonchev–Trinajstić information content (AvgIpc) is 2.32. The zero-order valence-electron chi connectivity index (χ0n) is 11.4. The van der Waals surface area contributed by atoms with E-state index in [2.05, 4.69) is 5.32 Å². The largest absolute Gasteiger partial charge is 0.379 e. The van der Waals surface area contributed by atoms with Crippen LogP contribution in [0.2, 0.25) is 0 Å². The Morgan fingerprint density at radius 2 is 2.17 bits per heavy atom. The maximum Gasteiger partial charge on any atom is 0.243 e. The molecule has 2 saturated heterocycles. The summed E-state index contributed by atoms with van der Waals surface area (Å²) >= 11 is 0. The van der Waals surface area contributed by atoms with Crippen molar-refractivity contribution in [3.8, 4) is 0 Å². The second kappa shape index (κ2) is 4.88. The molecule has 2 amide bonds. The molecule has 2 aliphatic heterocycles. The van der Waals surface area contributed by atoms with Crippen LogP contribution in [-0.2, 0) is 14.3 Å². The van der Waals surface area contributed by atoms with E-state index < -0.39 is 0 Å². The minimum atomic E-state index is -0.377. The third-order valence-electron chi connectivity index (χ3n) is 3.86. The van der Waals surface area contributed by atoms with Crippen molar-refractivity contribution in [2.75, 3.05) is 19.8 Å². The molecule has 2 unspecified atom stereocenters. The highest BCUT2D eigenvalue weighted by atomic mass is 16.5. The topological polar surface area (TPSA) is 58.6 Å². The van der Waals surface area contributed by atoms with Crippen LogP contribution in [0.1, 0.15) is 33.6 Å². The summed E-state index contributed by atoms with van der Waals surface area (Å²) in [7, 11) is 0. The standard InChI is InChI=1S/C13H22N2O3/c1-9(2)11-12(17)14-7-10(16)15(11)13(3)5-4-6-18-8-13/h9,11H,4-8H2,1-3H3,(H,14,17). The van der Waals surface area contributed by atoms with Crippen molar-refractivity contribution < 1.29 is 14.3 Å². The molecule has 1 N–H and O–H groups in total. The molecule has 0 aromatic carbocycles. The van der Waals surface area contributed by atoms with Crippen LogP contribution in [0.25, 0.3) is 0 Å². The SMILES string of the molecule is CC(C)C1C(=O)NCC(=O)N1C1(C)CCCOC1. The van der Waals surface area contributed by atoms with Crippen molar-refractivity contribution in [3.05, 3.63) is 0 Å². The molecule has 0 spiro atoms. The number of carbonyl (C=O) groups is 2. The third-order valence-corrected chi connectivity index (χ3v) is 3.86. The van der Waals surface area contributed by atoms with E-state index in [9.17, 15) is 9.59 Å². The first kappa shape index (κ1) is 13.3. The Labute approximate surface area is 108 Å². The Morgan fingerprint density at radius 3 is 2.72 bits per heavy atom. The van der Waals surface area contributed by atoms with E-state index in [1.807, 2.05) is 20.8 Å². The van der Waals surface area contributed by atoms with Crippen LogP contribution >= 0.6 is 0 Å². The first-order valence-electron chi connectivity index (χ1n) is 6.63. The molecule has 0 radical (unpaired) electrons. The lowest BCUT2D eigenvalue weighted by Crippen LogP contribution is -2.68. The Bertz CT molecular complexity index is 348. The van der Waals surface area contributed by atoms with Crippen molar-refractivity contribution >= 4 is 11.8 Å². The second-order valence-corrected chi connectivity index (χ2v) is 5.82. The molecule has 0 saturated carbocycles. The molecule has 102 valence electrons. The van der Waals surface area contributed by atoms with E-state index in [4.69, 9.17) is 4.74 Å². The number of nitrogens with zero attached hydrogens (tertiary/aromatic N) is 1. The lowest BCUT2D eigenvalue weighted by Gasteiger charge is -2.50. The number of hydrogen-bond donors (Lipinski definition) is 1. The van der Waals surface area contributed by atoms with Gasteiger partial charge in [-0.25, -0.2) is 0 Å². The Kier molecular flexibility index (Phi) is 3.61. The molecule has 18 heavy (non-hydrogen) atoms. The highest BCUT2D eigenvalue weighted by Gasteiger charge is 2.47. The summed E-state index contributed by atoms with van der Waals surface area (Å²) in [5.41, 5.74) is -0.345. The van der Waals surface area contributed by atoms with Gasteiger partial charge in [0.2, 0.25) is 11.8 Å². The van der Waals surface area contributed by atoms with Gasteiger partial charge in [-0.15, -0.1) is 0 Å². The van der Waals surface area contributed by atoms with E-state index in [-0.39, 0.29) is 35.9 Å². The normalized spacial score (nSPS) is 33.8. The van der Waals surface area contributed by atoms with Crippen LogP contribution in [0.15, 0.2) is 0 Å². The van der Waals surface area contributed by atoms with Gasteiger partial charge in [0.05, 0.1) is 18.7 Å². The number of ether oxygens (including phenoxy) is 1. The van der Waals surface area contributed by atoms with E-state index in [1.54, 1.807) is 4.90 Å². The van der Waals surface area contributed by atoms with E-state index in [1.165, 1.54) is 0 Å². The van der Waals surface area contributed by atoms with Crippen molar-refractivity contribution in [2.24, 2.45) is 5.92 Å². The number of nitrogens with one attached hydrogen (secondary N) is 1. The number of carbonyl (C=O) groups excluding carboxylic acids is 2. The van der Waals surface area contributed by atoms with Gasteiger partial charge in [-0.2, -0.15) is 0 Å². The molecule has 0 aromatic rings. The molecule has 0 aliphatic carbocycles. The summed E-state index contributed by atoms with van der Waals surface area (Å²) in [5.74, 6) is 0.0608. The molecular weight excluding hydrogens is 232 g/mol. The van der Waals surface area contributed by atoms with Crippen LogP contribution in [0.3, 0.4) is 0 Å². The van der Waals surface area contributed by atoms with Crippen molar-refractivity contribution in [3.63, 3.8) is 0 Å². The van der Waals surface area contributed by atoms with E-state index >= 15 is 0 Å². The van der Waals surface area contributed by atoms with Gasteiger partial charge >= 0.3 is 0 Å². The van der Waals surface area contributed by atoms with Gasteiger partial charge in [0.25, 0.3) is 0 Å². The number of piperazine rings is 1. The molecule has 2 fully saturated rings. The van der Waals surface area contributed by atoms with Crippen molar-refractivity contribution in [1.29, 1.82) is 0 Å². The molecular formula is C13H22N2O3. The maximum absolute atomic E-state index is 12.2. The van der Waals surface area contributed by atoms with E-state index in [0.29, 0.717) is 6.61 Å². The number of hydrogen-bond acceptors (Lipinski definition) is 3. The summed E-state index contributed by atoms with van der Waals surface area (Å²) in [5, 5.41) is 2.68. The Hall–Kier alpha value is -1.10. The van der Waals surface area contributed by atoms with Crippen molar-refractivity contribution in [1.82, 2.24) is 10.2 Å². The van der Waals surface area contributed by atoms with Gasteiger partial charge in [0, 0.05) is 6.61 Å². The number of rotatable bonds is 2. The first-order chi connectivity index (χ1) is 8.46. The Morgan fingerprint density at radius 1 is 1.44 bits per heavy atom. The monoisotopic (exact) mass is 254 g/mol. The summed E-state index contributed by atoms with van der Waals surface area (Å²) < 4.78 is 5.52. The van der Waals surface area contributed by atoms with Crippen LogP contribution in [0, 0.1) is 5.92 Å². The highest BCUT2D eigenvalue weighted by molar-refractivity contribution is 5.95. The lowest BCUT2D eigenvalue weighted by atomic mass is 9.87. The second-order valence-electron chi connectivity index (χ2n) is 5.82. The van der Waals surface area contributed by atoms with E-state index in [0.717, 1.165) is 19.4 Å². The van der Waals surface area contributed by atoms with Gasteiger partial charge in [0.15, 0.2) is 0 Å². The van der Waals surface area contributed by atoms with Gasteiger partial charge < -0.3 is 15.0 Å². The minimum Gasteiger partial charge on any atom is -0.379 e. The van der Waals surface area contributed by atoms with Gasteiger partial charge in [-0.1, -0.05) is 13.8 Å². The lowest BCUT2D eigenvalue weighted by molar-refractivity contribution is -0.161. The first-order valence-corrected chi connectivity index (χ1v) is 6.63. The van der Waals surface area contributed by atoms with Crippen LogP contribution in [0.4, 0.5) is 0 Å². The fourth-order valence-corrected chi connectivity index (χ4v) is 2.97. The zero-order chi connectivity index (χ0) is 13.3. The zero-order valence-corrected chi connectivity index (χ0v) is 11.4. The average molecular weight is 254 g/mol. The fourth-order valence-electron chi connectivity index (χ4n) is 2.97. The van der Waals surface area contributed by atoms with Gasteiger partial charge in [-0.3, -0.25) is 9.59 Å². The summed E-state index contributed by atoms with van der Waals surface area (Å²) in [4.78, 5) is 26.0. The summed E-state index contributed by atoms with van der Waals surface area (Å²) in [6.45, 7) is 7.35. The minimum absolute atomic E-state index is 0.00120. The predicted octanol–water partition coefficient (Wildman–Crippen LogP) is 0.539. The predicted molar refractivity (Wildman–Crippen MR) is 66.9 cm³/mol. The molecule has 5 nitrogen and oxygen atoms in total. The summed E-state index contributed by atoms with van der Waals surface area (Å²) in [6.07, 6.45) is 1.84. The molecule has 2 heterocycles. The fraction of sp³-hybridized carbons (Fsp3) is 0.846. The van der Waals surface area contributed by atoms with Gasteiger partial charge in [-0.05, 0) is 25.7 Å². The van der Waals surface area contributed by atoms with Crippen molar-refractivity contribution in [2.45, 2.75) is 45.2 Å². The van der Waals surface area contributed by atoms with Crippen LogP contribution in [0.5, 0.6) is 0 Å². The maximum atomic E-state index is 12.2. The molecule has 2 aliphatic rings. The smallest absolute Gasteiger partial charge is 0.243 e. The molecule has 5 heteroatoms. The highest BCUT2D eigenvalue weighted by Crippen LogP contribution is 2.31. The quantitative estimate of drug-likeness (QED) is 0.782. The molecule has 0 bridgehead atoms. The van der Waals surface area contributed by atoms with Crippen LogP contribution in [-0.4, -0.2) is 48.1 Å². The molecule has 2 rings (SSSR count). The van der Waals surface area contributed by atoms with Gasteiger partial charge in [0.1, 0.15) is 6.04 Å². The molecule has 0 aromatic heterocycles.